The van der Waals surface area contributed by atoms with Gasteiger partial charge in [0.2, 0.25) is 11.5 Å². The van der Waals surface area contributed by atoms with E-state index in [-0.39, 0.29) is 24.2 Å². The fourth-order valence-corrected chi connectivity index (χ4v) is 1.55. The van der Waals surface area contributed by atoms with Gasteiger partial charge in [0, 0.05) is 13.1 Å². The molecule has 1 fully saturated rings. The maximum atomic E-state index is 10.8. The number of ether oxygens (including phenoxy) is 1. The van der Waals surface area contributed by atoms with Crippen LogP contribution < -0.4 is 4.90 Å². The van der Waals surface area contributed by atoms with Crippen LogP contribution >= 0.6 is 0 Å². The van der Waals surface area contributed by atoms with Crippen molar-refractivity contribution in [1.29, 1.82) is 0 Å². The molecule has 1 aromatic heterocycles. The van der Waals surface area contributed by atoms with Crippen molar-refractivity contribution in [3.8, 4) is 0 Å². The molecule has 8 nitrogen and oxygen atoms in total. The molecule has 2 rings (SSSR count). The number of rotatable bonds is 3. The minimum atomic E-state index is -1.19. The maximum Gasteiger partial charge on any atom is 0.362 e. The Morgan fingerprint density at radius 2 is 2.38 bits per heavy atom. The van der Waals surface area contributed by atoms with Crippen LogP contribution in [0.4, 0.5) is 5.82 Å². The first kappa shape index (κ1) is 10.8. The van der Waals surface area contributed by atoms with Crippen molar-refractivity contribution in [2.24, 2.45) is 0 Å². The summed E-state index contributed by atoms with van der Waals surface area (Å²) in [6.07, 6.45) is -0.341. The Bertz CT molecular complexity index is 380. The third-order valence-electron chi connectivity index (χ3n) is 2.32. The van der Waals surface area contributed by atoms with Crippen molar-refractivity contribution in [3.05, 3.63) is 5.69 Å². The van der Waals surface area contributed by atoms with Crippen molar-refractivity contribution in [2.75, 3.05) is 31.2 Å². The highest BCUT2D eigenvalue weighted by Gasteiger charge is 2.27. The normalized spacial score (nSPS) is 21.1. The molecule has 1 saturated heterocycles. The molecular weight excluding hydrogens is 218 g/mol. The highest BCUT2D eigenvalue weighted by atomic mass is 16.6. The summed E-state index contributed by atoms with van der Waals surface area (Å²) in [6, 6.07) is 0. The fraction of sp³-hybridized carbons (Fsp3) is 0.625. The van der Waals surface area contributed by atoms with Crippen molar-refractivity contribution < 1.29 is 24.4 Å². The molecule has 0 amide bonds. The average molecular weight is 229 g/mol. The van der Waals surface area contributed by atoms with Gasteiger partial charge in [0.15, 0.2) is 0 Å². The standard InChI is InChI=1S/C8H11N3O5/c12-4-5-3-11(1-2-15-5)7-6(8(13)14)9-16-10-7/h5,12H,1-4H2,(H,13,14). The molecule has 1 atom stereocenters. The van der Waals surface area contributed by atoms with Crippen LogP contribution in [0.5, 0.6) is 0 Å². The largest absolute Gasteiger partial charge is 0.476 e. The molecule has 1 unspecified atom stereocenters. The second kappa shape index (κ2) is 4.45. The first-order valence-electron chi connectivity index (χ1n) is 4.75. The van der Waals surface area contributed by atoms with Gasteiger partial charge >= 0.3 is 5.97 Å². The highest BCUT2D eigenvalue weighted by Crippen LogP contribution is 2.18. The van der Waals surface area contributed by atoms with Crippen LogP contribution in [0.2, 0.25) is 0 Å². The van der Waals surface area contributed by atoms with E-state index in [0.717, 1.165) is 0 Å². The molecule has 0 aliphatic carbocycles. The van der Waals surface area contributed by atoms with Gasteiger partial charge in [-0.25, -0.2) is 9.42 Å². The van der Waals surface area contributed by atoms with Crippen LogP contribution in [0.25, 0.3) is 0 Å². The maximum absolute atomic E-state index is 10.8. The summed E-state index contributed by atoms with van der Waals surface area (Å²) >= 11 is 0. The number of anilines is 1. The molecule has 1 aliphatic heterocycles. The molecule has 2 heterocycles. The zero-order valence-electron chi connectivity index (χ0n) is 8.37. The third-order valence-corrected chi connectivity index (χ3v) is 2.32. The number of carboxylic acids is 1. The van der Waals surface area contributed by atoms with Crippen LogP contribution in [-0.4, -0.2) is 58.9 Å². The lowest BCUT2D eigenvalue weighted by molar-refractivity contribution is 0.00316. The van der Waals surface area contributed by atoms with E-state index in [1.54, 1.807) is 4.90 Å². The molecule has 8 heteroatoms. The van der Waals surface area contributed by atoms with E-state index >= 15 is 0 Å². The molecule has 0 saturated carbocycles. The van der Waals surface area contributed by atoms with E-state index < -0.39 is 5.97 Å². The Morgan fingerprint density at radius 1 is 1.56 bits per heavy atom. The van der Waals surface area contributed by atoms with Crippen molar-refractivity contribution in [1.82, 2.24) is 10.3 Å². The zero-order valence-corrected chi connectivity index (χ0v) is 8.37. The summed E-state index contributed by atoms with van der Waals surface area (Å²) in [5, 5.41) is 24.7. The molecule has 1 aromatic rings. The summed E-state index contributed by atoms with van der Waals surface area (Å²) in [5.74, 6) is -1.02. The van der Waals surface area contributed by atoms with E-state index in [1.165, 1.54) is 0 Å². The average Bonchev–Trinajstić information content (AvgIpc) is 2.78. The topological polar surface area (TPSA) is 109 Å². The predicted molar refractivity (Wildman–Crippen MR) is 50.3 cm³/mol. The number of carboxylic acid groups (broad SMARTS) is 1. The lowest BCUT2D eigenvalue weighted by Crippen LogP contribution is -2.44. The molecule has 88 valence electrons. The summed E-state index contributed by atoms with van der Waals surface area (Å²) in [5.41, 5.74) is -0.224. The number of hydrogen-bond donors (Lipinski definition) is 2. The van der Waals surface area contributed by atoms with Gasteiger partial charge in [0.25, 0.3) is 0 Å². The minimum absolute atomic E-state index is 0.121. The Balaban J connectivity index is 2.16. The Labute approximate surface area is 90.4 Å². The smallest absolute Gasteiger partial charge is 0.362 e. The van der Waals surface area contributed by atoms with Crippen LogP contribution in [-0.2, 0) is 4.74 Å². The Kier molecular flexibility index (Phi) is 3.02. The van der Waals surface area contributed by atoms with Crippen LogP contribution in [0.1, 0.15) is 10.5 Å². The fourth-order valence-electron chi connectivity index (χ4n) is 1.55. The number of hydrogen-bond acceptors (Lipinski definition) is 7. The number of morpholine rings is 1. The van der Waals surface area contributed by atoms with Crippen LogP contribution in [0.15, 0.2) is 4.63 Å². The third kappa shape index (κ3) is 1.97. The SMILES string of the molecule is O=C(O)c1nonc1N1CCOC(CO)C1. The summed E-state index contributed by atoms with van der Waals surface area (Å²) in [6.45, 7) is 1.14. The molecule has 0 aromatic carbocycles. The van der Waals surface area contributed by atoms with Gasteiger partial charge in [-0.15, -0.1) is 0 Å². The van der Waals surface area contributed by atoms with Crippen LogP contribution in [0.3, 0.4) is 0 Å². The van der Waals surface area contributed by atoms with Crippen molar-refractivity contribution in [2.45, 2.75) is 6.10 Å². The van der Waals surface area contributed by atoms with E-state index in [0.29, 0.717) is 19.7 Å². The molecule has 2 N–H and O–H groups in total. The summed E-state index contributed by atoms with van der Waals surface area (Å²) < 4.78 is 9.64. The summed E-state index contributed by atoms with van der Waals surface area (Å²) in [7, 11) is 0. The lowest BCUT2D eigenvalue weighted by Gasteiger charge is -2.31. The van der Waals surface area contributed by atoms with E-state index in [9.17, 15) is 4.79 Å². The first-order chi connectivity index (χ1) is 7.72. The van der Waals surface area contributed by atoms with Crippen molar-refractivity contribution in [3.63, 3.8) is 0 Å². The Morgan fingerprint density at radius 3 is 3.06 bits per heavy atom. The number of aliphatic hydroxyl groups excluding tert-OH is 1. The number of carbonyl (C=O) groups is 1. The molecular formula is C8H11N3O5. The molecule has 0 spiro atoms. The molecule has 0 radical (unpaired) electrons. The highest BCUT2D eigenvalue weighted by molar-refractivity contribution is 5.90. The first-order valence-corrected chi connectivity index (χ1v) is 4.75. The van der Waals surface area contributed by atoms with Crippen molar-refractivity contribution >= 4 is 11.8 Å². The van der Waals surface area contributed by atoms with Crippen LogP contribution in [0, 0.1) is 0 Å². The molecule has 0 bridgehead atoms. The molecule has 1 aliphatic rings. The predicted octanol–water partition coefficient (Wildman–Crippen LogP) is -1.03. The van der Waals surface area contributed by atoms with E-state index in [4.69, 9.17) is 14.9 Å². The quantitative estimate of drug-likeness (QED) is 0.676. The number of aromatic carboxylic acids is 1. The Hall–Kier alpha value is -1.67. The van der Waals surface area contributed by atoms with E-state index in [2.05, 4.69) is 14.9 Å². The van der Waals surface area contributed by atoms with Gasteiger partial charge in [-0.1, -0.05) is 0 Å². The monoisotopic (exact) mass is 229 g/mol. The lowest BCUT2D eigenvalue weighted by atomic mass is 10.2. The van der Waals surface area contributed by atoms with Gasteiger partial charge in [-0.05, 0) is 10.3 Å². The van der Waals surface area contributed by atoms with Gasteiger partial charge in [0.1, 0.15) is 0 Å². The van der Waals surface area contributed by atoms with Gasteiger partial charge in [-0.2, -0.15) is 0 Å². The second-order valence-corrected chi connectivity index (χ2v) is 3.36. The van der Waals surface area contributed by atoms with E-state index in [1.807, 2.05) is 0 Å². The number of aromatic nitrogens is 2. The molecule has 16 heavy (non-hydrogen) atoms. The summed E-state index contributed by atoms with van der Waals surface area (Å²) in [4.78, 5) is 12.5. The zero-order chi connectivity index (χ0) is 11.5. The van der Waals surface area contributed by atoms with Gasteiger partial charge in [0.05, 0.1) is 19.3 Å². The second-order valence-electron chi connectivity index (χ2n) is 3.36. The number of nitrogens with zero attached hydrogens (tertiary/aromatic N) is 3. The van der Waals surface area contributed by atoms with Gasteiger partial charge in [-0.3, -0.25) is 0 Å². The minimum Gasteiger partial charge on any atom is -0.476 e. The van der Waals surface area contributed by atoms with Gasteiger partial charge < -0.3 is 19.8 Å². The number of aliphatic hydroxyl groups is 1.